The molecule has 0 aliphatic carbocycles. The van der Waals surface area contributed by atoms with Gasteiger partial charge in [-0.2, -0.15) is 0 Å². The quantitative estimate of drug-likeness (QED) is 0.763. The van der Waals surface area contributed by atoms with E-state index in [2.05, 4.69) is 58.9 Å². The summed E-state index contributed by atoms with van der Waals surface area (Å²) in [5.41, 5.74) is 2.62. The van der Waals surface area contributed by atoms with Crippen LogP contribution in [0.1, 0.15) is 71.1 Å². The maximum absolute atomic E-state index is 10.3. The first-order chi connectivity index (χ1) is 8.42. The fourth-order valence-electron chi connectivity index (χ4n) is 2.28. The first-order valence-electron chi connectivity index (χ1n) is 7.20. The predicted molar refractivity (Wildman–Crippen MR) is 78.8 cm³/mol. The van der Waals surface area contributed by atoms with Gasteiger partial charge in [-0.3, -0.25) is 0 Å². The minimum Gasteiger partial charge on any atom is -0.388 e. The molecule has 2 atom stereocenters. The van der Waals surface area contributed by atoms with Crippen LogP contribution >= 0.6 is 0 Å². The summed E-state index contributed by atoms with van der Waals surface area (Å²) in [4.78, 5) is 0. The molecule has 0 saturated carbocycles. The Bertz CT molecular complexity index is 350. The van der Waals surface area contributed by atoms with Gasteiger partial charge in [0.1, 0.15) is 0 Å². The predicted octanol–water partition coefficient (Wildman–Crippen LogP) is 4.84. The molecular weight excluding hydrogens is 220 g/mol. The lowest BCUT2D eigenvalue weighted by atomic mass is 9.81. The molecule has 0 aliphatic rings. The van der Waals surface area contributed by atoms with Gasteiger partial charge in [-0.05, 0) is 35.3 Å². The van der Waals surface area contributed by atoms with Crippen molar-refractivity contribution in [2.24, 2.45) is 5.92 Å². The Morgan fingerprint density at radius 3 is 2.11 bits per heavy atom. The molecule has 0 spiro atoms. The summed E-state index contributed by atoms with van der Waals surface area (Å²) in [7, 11) is 0. The molecule has 0 heterocycles. The van der Waals surface area contributed by atoms with E-state index in [1.165, 1.54) is 5.56 Å². The Hall–Kier alpha value is -0.820. The van der Waals surface area contributed by atoms with Crippen LogP contribution in [-0.2, 0) is 5.41 Å². The monoisotopic (exact) mass is 248 g/mol. The Balaban J connectivity index is 2.83. The summed E-state index contributed by atoms with van der Waals surface area (Å²) in [5.74, 6) is 0.333. The number of rotatable bonds is 6. The van der Waals surface area contributed by atoms with Gasteiger partial charge >= 0.3 is 0 Å². The van der Waals surface area contributed by atoms with Crippen LogP contribution in [0, 0.1) is 5.92 Å². The number of benzene rings is 1. The molecule has 18 heavy (non-hydrogen) atoms. The van der Waals surface area contributed by atoms with Gasteiger partial charge in [0, 0.05) is 0 Å². The van der Waals surface area contributed by atoms with Crippen molar-refractivity contribution in [3.63, 3.8) is 0 Å². The molecule has 0 bridgehead atoms. The molecule has 0 aliphatic heterocycles. The zero-order valence-corrected chi connectivity index (χ0v) is 12.5. The zero-order chi connectivity index (χ0) is 13.8. The highest BCUT2D eigenvalue weighted by molar-refractivity contribution is 5.29. The molecule has 1 N–H and O–H groups in total. The van der Waals surface area contributed by atoms with Crippen molar-refractivity contribution in [1.29, 1.82) is 0 Å². The van der Waals surface area contributed by atoms with E-state index in [9.17, 15) is 5.11 Å². The highest BCUT2D eigenvalue weighted by atomic mass is 16.3. The second-order valence-corrected chi connectivity index (χ2v) is 6.07. The number of hydrogen-bond acceptors (Lipinski definition) is 1. The lowest BCUT2D eigenvalue weighted by Crippen LogP contribution is -2.16. The van der Waals surface area contributed by atoms with E-state index in [4.69, 9.17) is 0 Å². The maximum atomic E-state index is 10.3. The maximum Gasteiger partial charge on any atom is 0.0815 e. The van der Waals surface area contributed by atoms with Crippen molar-refractivity contribution in [1.82, 2.24) is 0 Å². The first kappa shape index (κ1) is 15.2. The summed E-state index contributed by atoms with van der Waals surface area (Å²) in [6.45, 7) is 11.0. The topological polar surface area (TPSA) is 20.2 Å². The largest absolute Gasteiger partial charge is 0.388 e. The van der Waals surface area contributed by atoms with Gasteiger partial charge in [-0.25, -0.2) is 0 Å². The Morgan fingerprint density at radius 1 is 1.11 bits per heavy atom. The van der Waals surface area contributed by atoms with Crippen LogP contribution in [0.3, 0.4) is 0 Å². The number of aliphatic hydroxyl groups is 1. The van der Waals surface area contributed by atoms with Crippen LogP contribution in [0.2, 0.25) is 0 Å². The van der Waals surface area contributed by atoms with Crippen LogP contribution in [-0.4, -0.2) is 5.11 Å². The minimum absolute atomic E-state index is 0.221. The van der Waals surface area contributed by atoms with Crippen LogP contribution in [0.25, 0.3) is 0 Å². The first-order valence-corrected chi connectivity index (χ1v) is 7.20. The van der Waals surface area contributed by atoms with E-state index in [1.807, 2.05) is 0 Å². The fraction of sp³-hybridized carbons (Fsp3) is 0.647. The van der Waals surface area contributed by atoms with Crippen LogP contribution in [0.15, 0.2) is 24.3 Å². The van der Waals surface area contributed by atoms with Gasteiger partial charge in [0.05, 0.1) is 6.10 Å². The summed E-state index contributed by atoms with van der Waals surface area (Å²) in [6.07, 6.45) is 2.99. The van der Waals surface area contributed by atoms with Gasteiger partial charge in [0.15, 0.2) is 0 Å². The third-order valence-corrected chi connectivity index (χ3v) is 4.20. The average molecular weight is 248 g/mol. The van der Waals surface area contributed by atoms with Gasteiger partial charge in [-0.1, -0.05) is 65.3 Å². The molecule has 1 aromatic carbocycles. The van der Waals surface area contributed by atoms with E-state index in [0.717, 1.165) is 24.8 Å². The molecule has 0 aromatic heterocycles. The molecule has 1 heteroatoms. The van der Waals surface area contributed by atoms with Crippen LogP contribution in [0.5, 0.6) is 0 Å². The van der Waals surface area contributed by atoms with Crippen molar-refractivity contribution in [2.75, 3.05) is 0 Å². The number of aliphatic hydroxyl groups excluding tert-OH is 1. The molecule has 0 amide bonds. The summed E-state index contributed by atoms with van der Waals surface area (Å²) >= 11 is 0. The second-order valence-electron chi connectivity index (χ2n) is 6.07. The van der Waals surface area contributed by atoms with E-state index < -0.39 is 0 Å². The fourth-order valence-corrected chi connectivity index (χ4v) is 2.28. The lowest BCUT2D eigenvalue weighted by Gasteiger charge is -2.24. The Kier molecular flexibility index (Phi) is 5.40. The summed E-state index contributed by atoms with van der Waals surface area (Å²) in [5, 5.41) is 10.3. The molecule has 2 unspecified atom stereocenters. The molecule has 102 valence electrons. The zero-order valence-electron chi connectivity index (χ0n) is 12.5. The van der Waals surface area contributed by atoms with Gasteiger partial charge in [0.2, 0.25) is 0 Å². The molecule has 0 radical (unpaired) electrons. The van der Waals surface area contributed by atoms with Crippen molar-refractivity contribution in [3.8, 4) is 0 Å². The van der Waals surface area contributed by atoms with E-state index in [0.29, 0.717) is 5.92 Å². The minimum atomic E-state index is -0.330. The van der Waals surface area contributed by atoms with E-state index in [-0.39, 0.29) is 11.5 Å². The van der Waals surface area contributed by atoms with Crippen molar-refractivity contribution in [3.05, 3.63) is 35.4 Å². The Morgan fingerprint density at radius 2 is 1.67 bits per heavy atom. The van der Waals surface area contributed by atoms with E-state index in [1.54, 1.807) is 0 Å². The third kappa shape index (κ3) is 3.58. The van der Waals surface area contributed by atoms with Crippen molar-refractivity contribution >= 4 is 0 Å². The standard InChI is InChI=1S/C17H28O/c1-6-8-13(3)16(18)14-9-11-15(12-10-14)17(4,5)7-2/h9-13,16,18H,6-8H2,1-5H3. The van der Waals surface area contributed by atoms with Crippen LogP contribution < -0.4 is 0 Å². The highest BCUT2D eigenvalue weighted by Crippen LogP contribution is 2.30. The molecule has 0 fully saturated rings. The third-order valence-electron chi connectivity index (χ3n) is 4.20. The Labute approximate surface area is 112 Å². The summed E-state index contributed by atoms with van der Waals surface area (Å²) < 4.78 is 0. The van der Waals surface area contributed by atoms with E-state index >= 15 is 0 Å². The van der Waals surface area contributed by atoms with Gasteiger partial charge < -0.3 is 5.11 Å². The number of hydrogen-bond donors (Lipinski definition) is 1. The lowest BCUT2D eigenvalue weighted by molar-refractivity contribution is 0.112. The average Bonchev–Trinajstić information content (AvgIpc) is 2.38. The SMILES string of the molecule is CCCC(C)C(O)c1ccc(C(C)(C)CC)cc1. The molecular formula is C17H28O. The molecule has 0 saturated heterocycles. The van der Waals surface area contributed by atoms with Crippen LogP contribution in [0.4, 0.5) is 0 Å². The van der Waals surface area contributed by atoms with Gasteiger partial charge in [0.25, 0.3) is 0 Å². The second kappa shape index (κ2) is 6.38. The molecule has 1 aromatic rings. The smallest absolute Gasteiger partial charge is 0.0815 e. The molecule has 1 rings (SSSR count). The summed E-state index contributed by atoms with van der Waals surface area (Å²) in [6, 6.07) is 8.51. The molecule has 1 nitrogen and oxygen atoms in total. The highest BCUT2D eigenvalue weighted by Gasteiger charge is 2.19. The van der Waals surface area contributed by atoms with Crippen molar-refractivity contribution < 1.29 is 5.11 Å². The van der Waals surface area contributed by atoms with Gasteiger partial charge in [-0.15, -0.1) is 0 Å². The van der Waals surface area contributed by atoms with Crippen molar-refractivity contribution in [2.45, 2.75) is 65.4 Å². The normalized spacial score (nSPS) is 15.4.